The lowest BCUT2D eigenvalue weighted by atomic mass is 10.1. The van der Waals surface area contributed by atoms with Gasteiger partial charge in [-0.05, 0) is 25.0 Å². The summed E-state index contributed by atoms with van der Waals surface area (Å²) in [5.41, 5.74) is 2.43. The third-order valence-electron chi connectivity index (χ3n) is 4.46. The summed E-state index contributed by atoms with van der Waals surface area (Å²) in [6, 6.07) is 8.46. The predicted molar refractivity (Wildman–Crippen MR) is 87.8 cm³/mol. The Labute approximate surface area is 135 Å². The van der Waals surface area contributed by atoms with Crippen molar-refractivity contribution in [3.05, 3.63) is 66.3 Å². The molecule has 1 aliphatic rings. The average molecular weight is 308 g/mol. The van der Waals surface area contributed by atoms with E-state index in [1.165, 1.54) is 11.3 Å². The quantitative estimate of drug-likeness (QED) is 0.744. The van der Waals surface area contributed by atoms with E-state index in [0.29, 0.717) is 5.92 Å². The minimum atomic E-state index is 0.409. The fraction of sp³-hybridized carbons (Fsp3) is 0.333. The van der Waals surface area contributed by atoms with E-state index in [2.05, 4.69) is 49.6 Å². The molecule has 3 aromatic rings. The molecule has 0 radical (unpaired) electrons. The monoisotopic (exact) mass is 308 g/mol. The maximum atomic E-state index is 5.52. The first kappa shape index (κ1) is 14.2. The van der Waals surface area contributed by atoms with E-state index >= 15 is 0 Å². The molecule has 3 heterocycles. The summed E-state index contributed by atoms with van der Waals surface area (Å²) in [5.74, 6) is 2.53. The van der Waals surface area contributed by atoms with Gasteiger partial charge in [0, 0.05) is 37.3 Å². The van der Waals surface area contributed by atoms with Crippen molar-refractivity contribution in [2.45, 2.75) is 25.8 Å². The number of aryl methyl sites for hydroxylation is 1. The Hall–Kier alpha value is -2.40. The number of imidazole rings is 2. The van der Waals surface area contributed by atoms with Crippen LogP contribution in [-0.2, 0) is 11.3 Å². The predicted octanol–water partition coefficient (Wildman–Crippen LogP) is 2.93. The molecule has 0 spiro atoms. The minimum absolute atomic E-state index is 0.409. The zero-order chi connectivity index (χ0) is 15.6. The van der Waals surface area contributed by atoms with Crippen molar-refractivity contribution in [2.24, 2.45) is 0 Å². The molecule has 0 bridgehead atoms. The van der Waals surface area contributed by atoms with Crippen LogP contribution in [0.15, 0.2) is 49.1 Å². The molecule has 1 aliphatic heterocycles. The molecule has 1 fully saturated rings. The standard InChI is InChI=1S/C18H20N4O/c1-14-19-8-10-22(14)17-5-3-2-4-15(17)12-21-9-7-20-18(21)16-6-11-23-13-16/h2-5,7-10,16H,6,11-13H2,1H3/t16-/m1/s1. The maximum Gasteiger partial charge on any atom is 0.114 e. The van der Waals surface area contributed by atoms with Gasteiger partial charge < -0.3 is 13.9 Å². The van der Waals surface area contributed by atoms with Gasteiger partial charge in [-0.3, -0.25) is 0 Å². The second-order valence-corrected chi connectivity index (χ2v) is 5.95. The number of aromatic nitrogens is 4. The fourth-order valence-corrected chi connectivity index (χ4v) is 3.25. The number of rotatable bonds is 4. The smallest absolute Gasteiger partial charge is 0.114 e. The van der Waals surface area contributed by atoms with Crippen LogP contribution in [0.4, 0.5) is 0 Å². The van der Waals surface area contributed by atoms with Crippen molar-refractivity contribution < 1.29 is 4.74 Å². The van der Waals surface area contributed by atoms with E-state index < -0.39 is 0 Å². The van der Waals surface area contributed by atoms with E-state index in [9.17, 15) is 0 Å². The summed E-state index contributed by atoms with van der Waals surface area (Å²) in [5, 5.41) is 0. The Morgan fingerprint density at radius 3 is 2.83 bits per heavy atom. The summed E-state index contributed by atoms with van der Waals surface area (Å²) in [7, 11) is 0. The van der Waals surface area contributed by atoms with Crippen LogP contribution in [0.1, 0.15) is 29.6 Å². The van der Waals surface area contributed by atoms with Gasteiger partial charge in [0.2, 0.25) is 0 Å². The number of nitrogens with zero attached hydrogens (tertiary/aromatic N) is 4. The normalized spacial score (nSPS) is 17.7. The lowest BCUT2D eigenvalue weighted by Crippen LogP contribution is -2.11. The third kappa shape index (κ3) is 2.68. The van der Waals surface area contributed by atoms with Gasteiger partial charge in [-0.2, -0.15) is 0 Å². The van der Waals surface area contributed by atoms with Crippen molar-refractivity contribution in [3.8, 4) is 5.69 Å². The zero-order valence-corrected chi connectivity index (χ0v) is 13.2. The molecule has 5 nitrogen and oxygen atoms in total. The van der Waals surface area contributed by atoms with Crippen molar-refractivity contribution in [1.82, 2.24) is 19.1 Å². The molecule has 0 amide bonds. The van der Waals surface area contributed by atoms with Crippen LogP contribution in [0, 0.1) is 6.92 Å². The fourth-order valence-electron chi connectivity index (χ4n) is 3.25. The van der Waals surface area contributed by atoms with Gasteiger partial charge in [-0.25, -0.2) is 9.97 Å². The minimum Gasteiger partial charge on any atom is -0.381 e. The molecule has 118 valence electrons. The van der Waals surface area contributed by atoms with Gasteiger partial charge >= 0.3 is 0 Å². The highest BCUT2D eigenvalue weighted by atomic mass is 16.5. The van der Waals surface area contributed by atoms with Crippen LogP contribution in [0.2, 0.25) is 0 Å². The SMILES string of the molecule is Cc1nccn1-c1ccccc1Cn1ccnc1[C@@H]1CCOC1. The number of benzene rings is 1. The second-order valence-electron chi connectivity index (χ2n) is 5.95. The summed E-state index contributed by atoms with van der Waals surface area (Å²) >= 11 is 0. The highest BCUT2D eigenvalue weighted by molar-refractivity contribution is 5.42. The molecule has 1 saturated heterocycles. The van der Waals surface area contributed by atoms with Crippen LogP contribution in [0.3, 0.4) is 0 Å². The first-order chi connectivity index (χ1) is 11.3. The highest BCUT2D eigenvalue weighted by Crippen LogP contribution is 2.25. The van der Waals surface area contributed by atoms with E-state index in [1.807, 2.05) is 25.5 Å². The highest BCUT2D eigenvalue weighted by Gasteiger charge is 2.22. The lowest BCUT2D eigenvalue weighted by molar-refractivity contribution is 0.192. The average Bonchev–Trinajstić information content (AvgIpc) is 3.29. The molecule has 0 saturated carbocycles. The molecule has 1 atom stereocenters. The van der Waals surface area contributed by atoms with Crippen molar-refractivity contribution >= 4 is 0 Å². The van der Waals surface area contributed by atoms with Gasteiger partial charge in [0.1, 0.15) is 11.6 Å². The first-order valence-electron chi connectivity index (χ1n) is 8.00. The van der Waals surface area contributed by atoms with Crippen LogP contribution >= 0.6 is 0 Å². The van der Waals surface area contributed by atoms with E-state index in [4.69, 9.17) is 4.74 Å². The number of hydrogen-bond acceptors (Lipinski definition) is 3. The summed E-state index contributed by atoms with van der Waals surface area (Å²) in [4.78, 5) is 8.91. The molecular weight excluding hydrogens is 288 g/mol. The Morgan fingerprint density at radius 2 is 2.04 bits per heavy atom. The number of para-hydroxylation sites is 1. The van der Waals surface area contributed by atoms with Crippen LogP contribution < -0.4 is 0 Å². The summed E-state index contributed by atoms with van der Waals surface area (Å²) < 4.78 is 9.89. The number of hydrogen-bond donors (Lipinski definition) is 0. The maximum absolute atomic E-state index is 5.52. The van der Waals surface area contributed by atoms with E-state index in [1.54, 1.807) is 0 Å². The van der Waals surface area contributed by atoms with Crippen molar-refractivity contribution in [1.29, 1.82) is 0 Å². The topological polar surface area (TPSA) is 44.9 Å². The van der Waals surface area contributed by atoms with Crippen molar-refractivity contribution in [2.75, 3.05) is 13.2 Å². The van der Waals surface area contributed by atoms with Gasteiger partial charge in [-0.1, -0.05) is 18.2 Å². The van der Waals surface area contributed by atoms with E-state index in [0.717, 1.165) is 37.8 Å². The molecule has 1 aromatic carbocycles. The van der Waals surface area contributed by atoms with Gasteiger partial charge in [0.05, 0.1) is 18.8 Å². The van der Waals surface area contributed by atoms with Gasteiger partial charge in [-0.15, -0.1) is 0 Å². The molecule has 4 rings (SSSR count). The van der Waals surface area contributed by atoms with Crippen LogP contribution in [-0.4, -0.2) is 32.3 Å². The van der Waals surface area contributed by atoms with Crippen LogP contribution in [0.5, 0.6) is 0 Å². The molecule has 0 N–H and O–H groups in total. The second kappa shape index (κ2) is 6.01. The zero-order valence-electron chi connectivity index (χ0n) is 13.2. The molecular formula is C18H20N4O. The number of ether oxygens (including phenoxy) is 1. The Bertz CT molecular complexity index is 799. The lowest BCUT2D eigenvalue weighted by Gasteiger charge is -2.15. The molecule has 5 heteroatoms. The Kier molecular flexibility index (Phi) is 3.71. The van der Waals surface area contributed by atoms with E-state index in [-0.39, 0.29) is 0 Å². The summed E-state index contributed by atoms with van der Waals surface area (Å²) in [6.45, 7) is 4.44. The molecule has 0 aliphatic carbocycles. The third-order valence-corrected chi connectivity index (χ3v) is 4.46. The Balaban J connectivity index is 1.68. The molecule has 2 aromatic heterocycles. The first-order valence-corrected chi connectivity index (χ1v) is 8.00. The van der Waals surface area contributed by atoms with Gasteiger partial charge in [0.25, 0.3) is 0 Å². The van der Waals surface area contributed by atoms with Gasteiger partial charge in [0.15, 0.2) is 0 Å². The largest absolute Gasteiger partial charge is 0.381 e. The van der Waals surface area contributed by atoms with Crippen LogP contribution in [0.25, 0.3) is 5.69 Å². The molecule has 0 unspecified atom stereocenters. The molecule has 23 heavy (non-hydrogen) atoms. The summed E-state index contributed by atoms with van der Waals surface area (Å²) in [6.07, 6.45) is 8.85. The van der Waals surface area contributed by atoms with Crippen molar-refractivity contribution in [3.63, 3.8) is 0 Å². The Morgan fingerprint density at radius 1 is 1.17 bits per heavy atom.